The molecule has 0 saturated heterocycles. The van der Waals surface area contributed by atoms with Gasteiger partial charge in [-0.2, -0.15) is 0 Å². The molecule has 1 atom stereocenters. The number of allylic oxidation sites excluding steroid dienone is 1. The Morgan fingerprint density at radius 2 is 2.23 bits per heavy atom. The van der Waals surface area contributed by atoms with Crippen molar-refractivity contribution in [2.75, 3.05) is 0 Å². The maximum absolute atomic E-state index is 5.58. The van der Waals surface area contributed by atoms with Crippen molar-refractivity contribution in [1.29, 1.82) is 0 Å². The molecule has 6 heteroatoms. The van der Waals surface area contributed by atoms with E-state index < -0.39 is 3.79 Å². The van der Waals surface area contributed by atoms with E-state index in [0.717, 1.165) is 5.57 Å². The lowest BCUT2D eigenvalue weighted by atomic mass is 10.1. The summed E-state index contributed by atoms with van der Waals surface area (Å²) in [5.74, 6) is 0. The highest BCUT2D eigenvalue weighted by molar-refractivity contribution is 6.69. The first-order valence-corrected chi connectivity index (χ1v) is 4.95. The molecule has 0 amide bonds. The van der Waals surface area contributed by atoms with E-state index in [9.17, 15) is 0 Å². The fourth-order valence-electron chi connectivity index (χ4n) is 0.891. The normalized spacial score (nSPS) is 24.2. The van der Waals surface area contributed by atoms with Crippen molar-refractivity contribution in [3.05, 3.63) is 22.9 Å². The Labute approximate surface area is 96.4 Å². The SMILES string of the molecule is C/C(=C\C(Cl)(Cl)Cl)C1C=C(Cl)ON1. The highest BCUT2D eigenvalue weighted by Gasteiger charge is 2.22. The molecule has 0 radical (unpaired) electrons. The van der Waals surface area contributed by atoms with E-state index >= 15 is 0 Å². The van der Waals surface area contributed by atoms with Gasteiger partial charge in [-0.15, -0.1) is 5.48 Å². The Hall–Kier alpha value is 0.400. The molecule has 0 fully saturated rings. The molecule has 0 spiro atoms. The molecule has 1 aliphatic rings. The molecule has 1 heterocycles. The summed E-state index contributed by atoms with van der Waals surface area (Å²) in [5, 5.41) is 0.294. The van der Waals surface area contributed by atoms with Crippen LogP contribution in [0.3, 0.4) is 0 Å². The van der Waals surface area contributed by atoms with E-state index in [4.69, 9.17) is 51.2 Å². The fourth-order valence-corrected chi connectivity index (χ4v) is 1.58. The first kappa shape index (κ1) is 11.5. The average Bonchev–Trinajstić information content (AvgIpc) is 2.31. The van der Waals surface area contributed by atoms with Crippen LogP contribution in [-0.2, 0) is 4.84 Å². The van der Waals surface area contributed by atoms with Crippen LogP contribution in [0.1, 0.15) is 6.92 Å². The summed E-state index contributed by atoms with van der Waals surface area (Å²) in [6, 6.07) is -0.136. The van der Waals surface area contributed by atoms with Crippen LogP contribution in [0.2, 0.25) is 0 Å². The highest BCUT2D eigenvalue weighted by Crippen LogP contribution is 2.30. The van der Waals surface area contributed by atoms with Gasteiger partial charge in [0.2, 0.25) is 9.01 Å². The van der Waals surface area contributed by atoms with E-state index in [1.54, 1.807) is 6.08 Å². The van der Waals surface area contributed by atoms with Crippen LogP contribution >= 0.6 is 46.4 Å². The molecule has 1 rings (SSSR count). The van der Waals surface area contributed by atoms with Crippen LogP contribution in [0.25, 0.3) is 0 Å². The smallest absolute Gasteiger partial charge is 0.211 e. The number of halogens is 4. The van der Waals surface area contributed by atoms with Gasteiger partial charge in [-0.1, -0.05) is 34.8 Å². The van der Waals surface area contributed by atoms with Crippen LogP contribution in [0, 0.1) is 0 Å². The molecular formula is C7H7Cl4NO. The summed E-state index contributed by atoms with van der Waals surface area (Å²) in [6.07, 6.45) is 3.19. The monoisotopic (exact) mass is 261 g/mol. The van der Waals surface area contributed by atoms with Gasteiger partial charge in [-0.05, 0) is 36.2 Å². The minimum absolute atomic E-state index is 0.136. The maximum Gasteiger partial charge on any atom is 0.211 e. The molecule has 0 saturated carbocycles. The molecular weight excluding hydrogens is 256 g/mol. The first-order chi connectivity index (χ1) is 5.88. The second kappa shape index (κ2) is 4.28. The second-order valence-electron chi connectivity index (χ2n) is 2.60. The first-order valence-electron chi connectivity index (χ1n) is 3.44. The van der Waals surface area contributed by atoms with Gasteiger partial charge in [-0.3, -0.25) is 0 Å². The van der Waals surface area contributed by atoms with Crippen molar-refractivity contribution in [2.45, 2.75) is 16.8 Å². The van der Waals surface area contributed by atoms with Gasteiger partial charge in [0.1, 0.15) is 0 Å². The predicted molar refractivity (Wildman–Crippen MR) is 56.0 cm³/mol. The van der Waals surface area contributed by atoms with Crippen molar-refractivity contribution in [3.63, 3.8) is 0 Å². The minimum Gasteiger partial charge on any atom is -0.396 e. The standard InChI is InChI=1S/C7H7Cl4NO/c1-4(3-7(9,10)11)5-2-6(8)13-12-5/h2-3,5,12H,1H3/b4-3+. The summed E-state index contributed by atoms with van der Waals surface area (Å²) >= 11 is 22.3. The minimum atomic E-state index is -1.39. The number of alkyl halides is 3. The quantitative estimate of drug-likeness (QED) is 0.579. The summed E-state index contributed by atoms with van der Waals surface area (Å²) in [7, 11) is 0. The Balaban J connectivity index is 2.69. The number of nitrogens with one attached hydrogen (secondary N) is 1. The van der Waals surface area contributed by atoms with Crippen molar-refractivity contribution >= 4 is 46.4 Å². The van der Waals surface area contributed by atoms with Gasteiger partial charge < -0.3 is 4.84 Å². The van der Waals surface area contributed by atoms with E-state index in [0.29, 0.717) is 5.22 Å². The van der Waals surface area contributed by atoms with E-state index in [1.807, 2.05) is 6.92 Å². The van der Waals surface area contributed by atoms with E-state index in [1.165, 1.54) is 6.08 Å². The number of hydrogen-bond donors (Lipinski definition) is 1. The topological polar surface area (TPSA) is 21.3 Å². The van der Waals surface area contributed by atoms with Crippen LogP contribution in [0.15, 0.2) is 22.9 Å². The Morgan fingerprint density at radius 3 is 2.62 bits per heavy atom. The Bertz CT molecular complexity index is 256. The van der Waals surface area contributed by atoms with Crippen molar-refractivity contribution in [2.24, 2.45) is 0 Å². The second-order valence-corrected chi connectivity index (χ2v) is 5.34. The summed E-state index contributed by atoms with van der Waals surface area (Å²) in [5.41, 5.74) is 3.49. The molecule has 0 aromatic carbocycles. The fraction of sp³-hybridized carbons (Fsp3) is 0.429. The van der Waals surface area contributed by atoms with E-state index in [2.05, 4.69) is 5.48 Å². The van der Waals surface area contributed by atoms with Crippen LogP contribution < -0.4 is 5.48 Å². The van der Waals surface area contributed by atoms with Gasteiger partial charge >= 0.3 is 0 Å². The summed E-state index contributed by atoms with van der Waals surface area (Å²) < 4.78 is -1.39. The zero-order chi connectivity index (χ0) is 10.1. The largest absolute Gasteiger partial charge is 0.396 e. The summed E-state index contributed by atoms with van der Waals surface area (Å²) in [4.78, 5) is 4.81. The third-order valence-electron chi connectivity index (χ3n) is 1.46. The van der Waals surface area contributed by atoms with Gasteiger partial charge in [0.25, 0.3) is 0 Å². The molecule has 13 heavy (non-hydrogen) atoms. The number of rotatable bonds is 1. The predicted octanol–water partition coefficient (Wildman–Crippen LogP) is 3.29. The molecule has 1 unspecified atom stereocenters. The molecule has 1 N–H and O–H groups in total. The van der Waals surface area contributed by atoms with Gasteiger partial charge in [0.05, 0.1) is 6.04 Å². The van der Waals surface area contributed by atoms with E-state index in [-0.39, 0.29) is 6.04 Å². The third kappa shape index (κ3) is 3.96. The Morgan fingerprint density at radius 1 is 1.62 bits per heavy atom. The van der Waals surface area contributed by atoms with Gasteiger partial charge in [-0.25, -0.2) is 0 Å². The number of hydrogen-bond acceptors (Lipinski definition) is 2. The number of hydroxylamine groups is 1. The lowest BCUT2D eigenvalue weighted by molar-refractivity contribution is 0.140. The molecule has 0 aromatic rings. The zero-order valence-corrected chi connectivity index (χ0v) is 9.68. The van der Waals surface area contributed by atoms with Gasteiger partial charge in [0.15, 0.2) is 0 Å². The maximum atomic E-state index is 5.58. The zero-order valence-electron chi connectivity index (χ0n) is 6.65. The van der Waals surface area contributed by atoms with Crippen LogP contribution in [0.4, 0.5) is 0 Å². The summed E-state index contributed by atoms with van der Waals surface area (Å²) in [6.45, 7) is 1.81. The Kier molecular flexibility index (Phi) is 3.78. The van der Waals surface area contributed by atoms with Crippen LogP contribution in [0.5, 0.6) is 0 Å². The van der Waals surface area contributed by atoms with Crippen molar-refractivity contribution in [1.82, 2.24) is 5.48 Å². The molecule has 74 valence electrons. The molecule has 2 nitrogen and oxygen atoms in total. The van der Waals surface area contributed by atoms with Gasteiger partial charge in [0, 0.05) is 0 Å². The lowest BCUT2D eigenvalue weighted by Crippen LogP contribution is -2.22. The molecule has 0 aliphatic carbocycles. The van der Waals surface area contributed by atoms with Crippen molar-refractivity contribution < 1.29 is 4.84 Å². The third-order valence-corrected chi connectivity index (χ3v) is 1.99. The lowest BCUT2D eigenvalue weighted by Gasteiger charge is -2.11. The molecule has 0 bridgehead atoms. The van der Waals surface area contributed by atoms with Crippen LogP contribution in [-0.4, -0.2) is 9.83 Å². The average molecular weight is 263 g/mol. The highest BCUT2D eigenvalue weighted by atomic mass is 35.6. The molecule has 1 aliphatic heterocycles. The molecule has 0 aromatic heterocycles. The van der Waals surface area contributed by atoms with Crippen molar-refractivity contribution in [3.8, 4) is 0 Å².